The zero-order chi connectivity index (χ0) is 41.3. The van der Waals surface area contributed by atoms with Gasteiger partial charge in [0, 0.05) is 25.2 Å². The van der Waals surface area contributed by atoms with E-state index >= 15 is 0 Å². The highest BCUT2D eigenvalue weighted by molar-refractivity contribution is 6.33. The maximum Gasteiger partial charge on any atom is 0.345 e. The van der Waals surface area contributed by atoms with E-state index in [1.807, 2.05) is 53.2 Å². The first kappa shape index (κ1) is 40.0. The van der Waals surface area contributed by atoms with Gasteiger partial charge in [-0.25, -0.2) is 9.48 Å². The molecule has 8 aromatic rings. The Morgan fingerprint density at radius 2 is 1.23 bits per heavy atom. The normalized spacial score (nSPS) is 11.4. The average Bonchev–Trinajstić information content (AvgIpc) is 3.92. The molecule has 9 nitrogen and oxygen atoms in total. The van der Waals surface area contributed by atoms with E-state index in [1.54, 1.807) is 11.6 Å². The summed E-state index contributed by atoms with van der Waals surface area (Å²) < 4.78 is 9.18. The maximum atomic E-state index is 13.4. The van der Waals surface area contributed by atoms with Crippen molar-refractivity contribution in [3.8, 4) is 22.5 Å². The van der Waals surface area contributed by atoms with Crippen molar-refractivity contribution < 1.29 is 9.53 Å². The van der Waals surface area contributed by atoms with E-state index in [0.717, 1.165) is 57.3 Å². The van der Waals surface area contributed by atoms with Crippen LogP contribution < -0.4 is 4.90 Å². The van der Waals surface area contributed by atoms with E-state index in [0.29, 0.717) is 36.8 Å². The lowest BCUT2D eigenvalue weighted by molar-refractivity contribution is 0.0527. The van der Waals surface area contributed by atoms with Crippen molar-refractivity contribution in [2.45, 2.75) is 45.3 Å². The van der Waals surface area contributed by atoms with Crippen molar-refractivity contribution in [3.05, 3.63) is 208 Å². The molecule has 0 unspecified atom stereocenters. The summed E-state index contributed by atoms with van der Waals surface area (Å²) >= 11 is 6.92. The highest BCUT2D eigenvalue weighted by Gasteiger charge is 2.42. The van der Waals surface area contributed by atoms with Crippen LogP contribution in [0.1, 0.15) is 58.4 Å². The van der Waals surface area contributed by atoms with Crippen molar-refractivity contribution in [1.29, 1.82) is 0 Å². The Bertz CT molecular complexity index is 2530. The molecular formula is C50H46ClN7O2. The van der Waals surface area contributed by atoms with Gasteiger partial charge in [0.2, 0.25) is 0 Å². The largest absolute Gasteiger partial charge is 0.462 e. The molecule has 2 aromatic heterocycles. The van der Waals surface area contributed by atoms with E-state index in [9.17, 15) is 4.79 Å². The molecule has 60 heavy (non-hydrogen) atoms. The number of esters is 1. The Morgan fingerprint density at radius 3 is 1.80 bits per heavy atom. The van der Waals surface area contributed by atoms with Gasteiger partial charge in [0.15, 0.2) is 11.6 Å². The smallest absolute Gasteiger partial charge is 0.345 e. The SMILES string of the molecule is CCCN(Cc1ccc(-c2ccccc2-c2nnnn2C(c2ccccc2)(c2ccccc2)c2ccccc2)cc1)c1nn(CCc2ccccc2)c(Cl)c1C(=O)OCC. The van der Waals surface area contributed by atoms with Crippen LogP contribution in [0.15, 0.2) is 170 Å². The Kier molecular flexibility index (Phi) is 12.2. The first-order valence-corrected chi connectivity index (χ1v) is 20.8. The van der Waals surface area contributed by atoms with Crippen LogP contribution in [0.5, 0.6) is 0 Å². The molecule has 0 amide bonds. The number of rotatable bonds is 16. The molecule has 0 spiro atoms. The number of halogens is 1. The summed E-state index contributed by atoms with van der Waals surface area (Å²) in [5.74, 6) is 0.676. The van der Waals surface area contributed by atoms with Gasteiger partial charge in [0.25, 0.3) is 0 Å². The number of anilines is 1. The summed E-state index contributed by atoms with van der Waals surface area (Å²) in [6, 6.07) is 58.2. The summed E-state index contributed by atoms with van der Waals surface area (Å²) in [5, 5.41) is 19.1. The maximum absolute atomic E-state index is 13.4. The fourth-order valence-electron chi connectivity index (χ4n) is 8.01. The van der Waals surface area contributed by atoms with Crippen molar-refractivity contribution in [1.82, 2.24) is 30.0 Å². The number of ether oxygens (including phenoxy) is 1. The first-order chi connectivity index (χ1) is 29.5. The molecule has 300 valence electrons. The first-order valence-electron chi connectivity index (χ1n) is 20.4. The Hall–Kier alpha value is -6.84. The predicted octanol–water partition coefficient (Wildman–Crippen LogP) is 10.5. The molecule has 0 aliphatic rings. The van der Waals surface area contributed by atoms with Gasteiger partial charge in [0.1, 0.15) is 16.3 Å². The second-order valence-corrected chi connectivity index (χ2v) is 14.9. The van der Waals surface area contributed by atoms with Gasteiger partial charge < -0.3 is 9.64 Å². The van der Waals surface area contributed by atoms with Crippen LogP contribution in [-0.4, -0.2) is 49.1 Å². The third kappa shape index (κ3) is 7.96. The number of nitrogens with zero attached hydrogens (tertiary/aromatic N) is 7. The fraction of sp³-hybridized carbons (Fsp3) is 0.180. The van der Waals surface area contributed by atoms with E-state index in [-0.39, 0.29) is 11.8 Å². The molecule has 0 saturated carbocycles. The molecule has 6 aromatic carbocycles. The predicted molar refractivity (Wildman–Crippen MR) is 238 cm³/mol. The number of benzene rings is 6. The number of tetrazole rings is 1. The van der Waals surface area contributed by atoms with Gasteiger partial charge in [-0.05, 0) is 69.1 Å². The van der Waals surface area contributed by atoms with Crippen LogP contribution in [0, 0.1) is 0 Å². The number of carbonyl (C=O) groups excluding carboxylic acids is 1. The van der Waals surface area contributed by atoms with Crippen LogP contribution in [0.3, 0.4) is 0 Å². The minimum atomic E-state index is -0.887. The molecule has 0 saturated heterocycles. The van der Waals surface area contributed by atoms with E-state index < -0.39 is 11.5 Å². The summed E-state index contributed by atoms with van der Waals surface area (Å²) in [6.45, 7) is 5.84. The third-order valence-electron chi connectivity index (χ3n) is 10.8. The summed E-state index contributed by atoms with van der Waals surface area (Å²) in [5.41, 5.74) is 7.60. The number of hydrogen-bond donors (Lipinski definition) is 0. The zero-order valence-corrected chi connectivity index (χ0v) is 34.5. The van der Waals surface area contributed by atoms with Crippen LogP contribution in [-0.2, 0) is 29.8 Å². The molecule has 0 bridgehead atoms. The number of aryl methyl sites for hydroxylation is 2. The number of aromatic nitrogens is 6. The Balaban J connectivity index is 1.15. The van der Waals surface area contributed by atoms with Gasteiger partial charge >= 0.3 is 5.97 Å². The Labute approximate surface area is 355 Å². The Morgan fingerprint density at radius 1 is 0.683 bits per heavy atom. The standard InChI is InChI=1S/C50H46ClN7O2/c1-3-34-56(48-45(49(59)60-4-2)46(51)57(53-48)35-33-37-19-9-5-10-20-37)36-38-29-31-39(32-30-38)43-27-17-18-28-44(43)47-52-54-55-58(47)50(40-21-11-6-12-22-40,41-23-13-7-14-24-41)42-25-15-8-16-26-42/h5-32H,3-4,33-36H2,1-2H3. The number of carbonyl (C=O) groups is 1. The highest BCUT2D eigenvalue weighted by atomic mass is 35.5. The minimum absolute atomic E-state index is 0.235. The molecule has 10 heteroatoms. The molecule has 0 fully saturated rings. The second kappa shape index (κ2) is 18.4. The molecule has 0 atom stereocenters. The lowest BCUT2D eigenvalue weighted by Gasteiger charge is -2.36. The van der Waals surface area contributed by atoms with Crippen LogP contribution >= 0.6 is 11.6 Å². The highest BCUT2D eigenvalue weighted by Crippen LogP contribution is 2.43. The molecule has 0 aliphatic heterocycles. The van der Waals surface area contributed by atoms with Crippen LogP contribution in [0.2, 0.25) is 5.15 Å². The van der Waals surface area contributed by atoms with Crippen molar-refractivity contribution >= 4 is 23.4 Å². The van der Waals surface area contributed by atoms with Crippen molar-refractivity contribution in [2.24, 2.45) is 0 Å². The molecule has 0 aliphatic carbocycles. The van der Waals surface area contributed by atoms with Gasteiger partial charge in [-0.1, -0.05) is 188 Å². The van der Waals surface area contributed by atoms with E-state index in [2.05, 4.69) is 138 Å². The van der Waals surface area contributed by atoms with E-state index in [4.69, 9.17) is 31.7 Å². The van der Waals surface area contributed by atoms with Crippen molar-refractivity contribution in [3.63, 3.8) is 0 Å². The summed E-state index contributed by atoms with van der Waals surface area (Å²) in [6.07, 6.45) is 1.56. The van der Waals surface area contributed by atoms with Gasteiger partial charge in [-0.2, -0.15) is 5.10 Å². The van der Waals surface area contributed by atoms with Crippen LogP contribution in [0.25, 0.3) is 22.5 Å². The monoisotopic (exact) mass is 811 g/mol. The van der Waals surface area contributed by atoms with Gasteiger partial charge in [0.05, 0.1) is 6.61 Å². The quantitative estimate of drug-likeness (QED) is 0.0709. The average molecular weight is 812 g/mol. The lowest BCUT2D eigenvalue weighted by Crippen LogP contribution is -2.39. The second-order valence-electron chi connectivity index (χ2n) is 14.6. The zero-order valence-electron chi connectivity index (χ0n) is 33.7. The van der Waals surface area contributed by atoms with Gasteiger partial charge in [-0.3, -0.25) is 4.68 Å². The summed E-state index contributed by atoms with van der Waals surface area (Å²) in [7, 11) is 0. The summed E-state index contributed by atoms with van der Waals surface area (Å²) in [4.78, 5) is 15.5. The molecule has 2 heterocycles. The van der Waals surface area contributed by atoms with Crippen molar-refractivity contribution in [2.75, 3.05) is 18.1 Å². The lowest BCUT2D eigenvalue weighted by atomic mass is 9.77. The molecular weight excluding hydrogens is 766 g/mol. The van der Waals surface area contributed by atoms with Crippen LogP contribution in [0.4, 0.5) is 5.82 Å². The number of hydrogen-bond acceptors (Lipinski definition) is 7. The van der Waals surface area contributed by atoms with E-state index in [1.165, 1.54) is 0 Å². The fourth-order valence-corrected chi connectivity index (χ4v) is 8.30. The topological polar surface area (TPSA) is 91.0 Å². The van der Waals surface area contributed by atoms with Gasteiger partial charge in [-0.15, -0.1) is 5.10 Å². The molecule has 0 radical (unpaired) electrons. The minimum Gasteiger partial charge on any atom is -0.462 e. The third-order valence-corrected chi connectivity index (χ3v) is 11.2. The molecule has 8 rings (SSSR count). The molecule has 0 N–H and O–H groups in total.